The Hall–Kier alpha value is -1.63. The highest BCUT2D eigenvalue weighted by Gasteiger charge is 2.28. The van der Waals surface area contributed by atoms with Gasteiger partial charge in [-0.05, 0) is 40.9 Å². The summed E-state index contributed by atoms with van der Waals surface area (Å²) in [4.78, 5) is 29.3. The second-order valence-electron chi connectivity index (χ2n) is 5.04. The van der Waals surface area contributed by atoms with E-state index in [0.717, 1.165) is 23.0 Å². The first kappa shape index (κ1) is 13.4. The minimum Gasteiger partial charge on any atom is -0.353 e. The van der Waals surface area contributed by atoms with Crippen LogP contribution in [0.4, 0.5) is 10.6 Å². The minimum absolute atomic E-state index is 0.0951. The molecular weight excluding hydrogens is 324 g/mol. The predicted octanol–water partition coefficient (Wildman–Crippen LogP) is 1.69. The fraction of sp³-hybridized carbons (Fsp3) is 0.462. The zero-order valence-corrected chi connectivity index (χ0v) is 12.4. The molecule has 0 bridgehead atoms. The van der Waals surface area contributed by atoms with Gasteiger partial charge in [0.25, 0.3) is 0 Å². The van der Waals surface area contributed by atoms with Crippen LogP contribution in [-0.4, -0.2) is 41.5 Å². The average Bonchev–Trinajstić information content (AvgIpc) is 3.25. The molecule has 1 aromatic heterocycles. The first-order valence-corrected chi connectivity index (χ1v) is 7.42. The third-order valence-corrected chi connectivity index (χ3v) is 4.07. The Kier molecular flexibility index (Phi) is 3.60. The molecule has 6 nitrogen and oxygen atoms in total. The van der Waals surface area contributed by atoms with Crippen LogP contribution in [0.5, 0.6) is 0 Å². The Morgan fingerprint density at radius 3 is 2.95 bits per heavy atom. The van der Waals surface area contributed by atoms with E-state index in [2.05, 4.69) is 31.5 Å². The third-order valence-electron chi connectivity index (χ3n) is 3.40. The van der Waals surface area contributed by atoms with Crippen molar-refractivity contribution in [3.8, 4) is 0 Å². The summed E-state index contributed by atoms with van der Waals surface area (Å²) in [6.45, 7) is 1.11. The van der Waals surface area contributed by atoms with E-state index < -0.39 is 0 Å². The Labute approximate surface area is 125 Å². The van der Waals surface area contributed by atoms with E-state index in [9.17, 15) is 9.59 Å². The fourth-order valence-corrected chi connectivity index (χ4v) is 2.72. The lowest BCUT2D eigenvalue weighted by atomic mass is 10.2. The molecule has 1 saturated carbocycles. The summed E-state index contributed by atoms with van der Waals surface area (Å²) in [6.07, 6.45) is 2.30. The zero-order valence-electron chi connectivity index (χ0n) is 10.9. The predicted molar refractivity (Wildman–Crippen MR) is 77.5 cm³/mol. The van der Waals surface area contributed by atoms with Gasteiger partial charge in [-0.1, -0.05) is 0 Å². The van der Waals surface area contributed by atoms with Crippen LogP contribution in [0.15, 0.2) is 16.6 Å². The molecule has 0 aromatic carbocycles. The second-order valence-corrected chi connectivity index (χ2v) is 5.89. The van der Waals surface area contributed by atoms with Gasteiger partial charge in [-0.25, -0.2) is 9.78 Å². The van der Waals surface area contributed by atoms with Crippen LogP contribution in [0.25, 0.3) is 0 Å². The van der Waals surface area contributed by atoms with Gasteiger partial charge in [0.1, 0.15) is 12.4 Å². The largest absolute Gasteiger partial charge is 0.353 e. The molecule has 0 radical (unpaired) electrons. The Morgan fingerprint density at radius 2 is 2.25 bits per heavy atom. The highest BCUT2D eigenvalue weighted by molar-refractivity contribution is 9.10. The van der Waals surface area contributed by atoms with Crippen LogP contribution in [-0.2, 0) is 4.79 Å². The summed E-state index contributed by atoms with van der Waals surface area (Å²) in [5.74, 6) is 0.905. The maximum Gasteiger partial charge on any atom is 0.323 e. The van der Waals surface area contributed by atoms with E-state index in [1.807, 2.05) is 6.07 Å². The first-order valence-electron chi connectivity index (χ1n) is 6.62. The van der Waals surface area contributed by atoms with Crippen LogP contribution >= 0.6 is 15.9 Å². The molecule has 0 spiro atoms. The number of carbonyl (C=O) groups is 2. The van der Waals surface area contributed by atoms with Gasteiger partial charge in [0.05, 0.1) is 5.69 Å². The van der Waals surface area contributed by atoms with Crippen molar-refractivity contribution in [2.24, 2.45) is 0 Å². The highest BCUT2D eigenvalue weighted by atomic mass is 79.9. The molecule has 3 rings (SSSR count). The molecule has 1 aromatic rings. The number of piperazine rings is 1. The molecule has 20 heavy (non-hydrogen) atoms. The van der Waals surface area contributed by atoms with Gasteiger partial charge in [0, 0.05) is 23.5 Å². The van der Waals surface area contributed by atoms with Crippen molar-refractivity contribution in [1.29, 1.82) is 0 Å². The van der Waals surface area contributed by atoms with E-state index in [0.29, 0.717) is 24.8 Å². The number of anilines is 1. The van der Waals surface area contributed by atoms with Crippen LogP contribution < -0.4 is 10.6 Å². The molecule has 2 aliphatic rings. The van der Waals surface area contributed by atoms with Crippen molar-refractivity contribution in [3.63, 3.8) is 0 Å². The molecule has 2 N–H and O–H groups in total. The van der Waals surface area contributed by atoms with E-state index in [-0.39, 0.29) is 18.5 Å². The van der Waals surface area contributed by atoms with E-state index in [4.69, 9.17) is 0 Å². The first-order chi connectivity index (χ1) is 9.63. The van der Waals surface area contributed by atoms with Crippen molar-refractivity contribution in [1.82, 2.24) is 15.2 Å². The van der Waals surface area contributed by atoms with Crippen LogP contribution in [0.2, 0.25) is 0 Å². The van der Waals surface area contributed by atoms with Gasteiger partial charge < -0.3 is 10.2 Å². The summed E-state index contributed by atoms with van der Waals surface area (Å²) in [5, 5.41) is 5.45. The number of nitrogens with one attached hydrogen (secondary N) is 2. The molecule has 1 aliphatic carbocycles. The molecule has 7 heteroatoms. The van der Waals surface area contributed by atoms with Crippen molar-refractivity contribution >= 4 is 33.7 Å². The van der Waals surface area contributed by atoms with Crippen LogP contribution in [0.3, 0.4) is 0 Å². The fourth-order valence-electron chi connectivity index (χ4n) is 2.17. The number of pyridine rings is 1. The van der Waals surface area contributed by atoms with E-state index in [1.165, 1.54) is 4.90 Å². The number of rotatable bonds is 2. The topological polar surface area (TPSA) is 74.3 Å². The van der Waals surface area contributed by atoms with Gasteiger partial charge in [0.15, 0.2) is 0 Å². The molecule has 1 aliphatic heterocycles. The molecule has 0 atom stereocenters. The second kappa shape index (κ2) is 5.40. The Morgan fingerprint density at radius 1 is 1.45 bits per heavy atom. The molecule has 2 heterocycles. The number of carbonyl (C=O) groups excluding carboxylic acids is 2. The smallest absolute Gasteiger partial charge is 0.323 e. The zero-order chi connectivity index (χ0) is 14.1. The number of urea groups is 1. The number of amides is 3. The lowest BCUT2D eigenvalue weighted by molar-refractivity contribution is -0.123. The Bertz CT molecular complexity index is 559. The van der Waals surface area contributed by atoms with Crippen molar-refractivity contribution in [2.75, 3.05) is 25.0 Å². The van der Waals surface area contributed by atoms with Crippen LogP contribution in [0.1, 0.15) is 24.5 Å². The van der Waals surface area contributed by atoms with E-state index in [1.54, 1.807) is 6.07 Å². The van der Waals surface area contributed by atoms with Gasteiger partial charge in [-0.2, -0.15) is 0 Å². The summed E-state index contributed by atoms with van der Waals surface area (Å²) < 4.78 is 0.982. The van der Waals surface area contributed by atoms with Crippen molar-refractivity contribution in [2.45, 2.75) is 18.8 Å². The number of nitrogens with zero attached hydrogens (tertiary/aromatic N) is 2. The summed E-state index contributed by atoms with van der Waals surface area (Å²) in [5.41, 5.74) is 0.999. The standard InChI is InChI=1S/C13H15BrN4O2/c14-9-3-4-10(16-12(9)8-1-2-8)17-13(20)18-6-5-15-11(19)7-18/h3-4,8H,1-2,5-7H2,(H,15,19)(H,16,17,20). The SMILES string of the molecule is O=C1CN(C(=O)Nc2ccc(Br)c(C3CC3)n2)CCN1. The maximum absolute atomic E-state index is 12.1. The van der Waals surface area contributed by atoms with Crippen molar-refractivity contribution in [3.05, 3.63) is 22.3 Å². The quantitative estimate of drug-likeness (QED) is 0.861. The van der Waals surface area contributed by atoms with E-state index >= 15 is 0 Å². The Balaban J connectivity index is 1.69. The molecular formula is C13H15BrN4O2. The van der Waals surface area contributed by atoms with Gasteiger partial charge >= 0.3 is 6.03 Å². The van der Waals surface area contributed by atoms with Gasteiger partial charge in [0.2, 0.25) is 5.91 Å². The number of hydrogen-bond acceptors (Lipinski definition) is 3. The molecule has 106 valence electrons. The summed E-state index contributed by atoms with van der Waals surface area (Å²) in [6, 6.07) is 3.38. The molecule has 0 unspecified atom stereocenters. The third kappa shape index (κ3) is 2.92. The lowest BCUT2D eigenvalue weighted by Gasteiger charge is -2.26. The summed E-state index contributed by atoms with van der Waals surface area (Å²) in [7, 11) is 0. The molecule has 2 fully saturated rings. The van der Waals surface area contributed by atoms with Gasteiger partial charge in [-0.3, -0.25) is 10.1 Å². The highest BCUT2D eigenvalue weighted by Crippen LogP contribution is 2.42. The maximum atomic E-state index is 12.1. The monoisotopic (exact) mass is 338 g/mol. The lowest BCUT2D eigenvalue weighted by Crippen LogP contribution is -2.51. The van der Waals surface area contributed by atoms with Crippen LogP contribution in [0, 0.1) is 0 Å². The summed E-state index contributed by atoms with van der Waals surface area (Å²) >= 11 is 3.48. The number of halogens is 1. The molecule has 1 saturated heterocycles. The van der Waals surface area contributed by atoms with Crippen molar-refractivity contribution < 1.29 is 9.59 Å². The minimum atomic E-state index is -0.281. The van der Waals surface area contributed by atoms with Gasteiger partial charge in [-0.15, -0.1) is 0 Å². The average molecular weight is 339 g/mol. The molecule has 3 amide bonds. The number of aromatic nitrogens is 1. The normalized spacial score (nSPS) is 18.6. The number of hydrogen-bond donors (Lipinski definition) is 2.